The summed E-state index contributed by atoms with van der Waals surface area (Å²) in [6, 6.07) is 0. The molecule has 0 amide bonds. The van der Waals surface area contributed by atoms with E-state index in [2.05, 4.69) is 36.2 Å². The van der Waals surface area contributed by atoms with Gasteiger partial charge in [0.25, 0.3) is 62.6 Å². The largest absolute Gasteiger partial charge is 1.00 e. The van der Waals surface area contributed by atoms with Gasteiger partial charge < -0.3 is 124 Å². The van der Waals surface area contributed by atoms with E-state index in [9.17, 15) is 105 Å². The van der Waals surface area contributed by atoms with Crippen LogP contribution in [0.2, 0.25) is 0 Å². The van der Waals surface area contributed by atoms with Crippen molar-refractivity contribution in [2.75, 3.05) is 13.2 Å². The van der Waals surface area contributed by atoms with E-state index in [4.69, 9.17) is 24.0 Å². The molecular formula is C12H22Na8O35P8. The number of ether oxygens (including phenoxy) is 3. The monoisotopic (exact) mass is 1160 g/mol. The number of phosphoric ester groups is 8. The van der Waals surface area contributed by atoms with Gasteiger partial charge in [-0.05, 0) is 0 Å². The van der Waals surface area contributed by atoms with Gasteiger partial charge in [-0.3, -0.25) is 41.0 Å². The van der Waals surface area contributed by atoms with Crippen molar-refractivity contribution in [3.05, 3.63) is 0 Å². The van der Waals surface area contributed by atoms with Crippen LogP contribution in [0.1, 0.15) is 0 Å². The van der Waals surface area contributed by atoms with E-state index >= 15 is 0 Å². The maximum atomic E-state index is 11.9. The fraction of sp³-hybridized carbons (Fsp3) is 1.00. The Morgan fingerprint density at radius 2 is 0.571 bits per heavy atom. The van der Waals surface area contributed by atoms with Gasteiger partial charge in [-0.25, -0.2) is 0 Å². The molecule has 328 valence electrons. The van der Waals surface area contributed by atoms with Gasteiger partial charge in [-0.15, -0.1) is 0 Å². The van der Waals surface area contributed by atoms with Gasteiger partial charge in [-0.2, -0.15) is 0 Å². The molecule has 2 saturated heterocycles. The van der Waals surface area contributed by atoms with Crippen LogP contribution in [0, 0.1) is 0 Å². The molecule has 35 nitrogen and oxygen atoms in total. The van der Waals surface area contributed by atoms with Crippen LogP contribution in [-0.2, 0) is 86.9 Å². The van der Waals surface area contributed by atoms with Crippen molar-refractivity contribution in [2.24, 2.45) is 0 Å². The third-order valence-electron chi connectivity index (χ3n) is 5.79. The summed E-state index contributed by atoms with van der Waals surface area (Å²) in [5.74, 6) is 0. The van der Waals surface area contributed by atoms with Gasteiger partial charge >= 0.3 is 236 Å². The first-order valence-corrected chi connectivity index (χ1v) is 24.8. The van der Waals surface area contributed by atoms with Gasteiger partial charge in [0.05, 0.1) is 13.2 Å². The SMILES string of the molecule is O=P([O-])(O)OC[C@H]1O[C@@H](O[C@H]2[C@H](OP(=O)([O-])O)[C@@H](OP(=O)([O-])O)[C@H](OP(=O)([O-])O)O[C@@H]2COP(=O)([O-])O)[C@H](OP(=O)([O-])O)[C@@H](OP(=O)([O-])O)[C@H]1OP(=O)([O-])O.[Na+].[Na+].[Na+].[Na+].[Na+].[Na+].[Na+].[Na+]. The van der Waals surface area contributed by atoms with Gasteiger partial charge in [0.15, 0.2) is 12.6 Å². The second kappa shape index (κ2) is 34.6. The quantitative estimate of drug-likeness (QED) is 0.0414. The minimum absolute atomic E-state index is 0. The van der Waals surface area contributed by atoms with Gasteiger partial charge in [0.2, 0.25) is 0 Å². The maximum absolute atomic E-state index is 11.9. The molecule has 0 aromatic carbocycles. The molecule has 2 heterocycles. The summed E-state index contributed by atoms with van der Waals surface area (Å²) in [6.45, 7) is -3.82. The molecule has 0 aromatic rings. The molecule has 2 rings (SSSR count). The second-order valence-electron chi connectivity index (χ2n) is 9.98. The Bertz CT molecular complexity index is 1720. The smallest absolute Gasteiger partial charge is 0.756 e. The van der Waals surface area contributed by atoms with E-state index in [-0.39, 0.29) is 236 Å². The predicted molar refractivity (Wildman–Crippen MR) is 138 cm³/mol. The van der Waals surface area contributed by atoms with Crippen molar-refractivity contribution in [3.63, 3.8) is 0 Å². The molecule has 0 aliphatic carbocycles. The molecule has 0 spiro atoms. The van der Waals surface area contributed by atoms with Crippen LogP contribution in [0.15, 0.2) is 0 Å². The molecule has 0 saturated carbocycles. The average molecular weight is 1160 g/mol. The van der Waals surface area contributed by atoms with Crippen LogP contribution in [0.25, 0.3) is 0 Å². The van der Waals surface area contributed by atoms with Gasteiger partial charge in [0, 0.05) is 0 Å². The zero-order valence-electron chi connectivity index (χ0n) is 33.4. The van der Waals surface area contributed by atoms with Crippen LogP contribution in [0.5, 0.6) is 0 Å². The molecule has 63 heavy (non-hydrogen) atoms. The van der Waals surface area contributed by atoms with Crippen LogP contribution in [-0.4, -0.2) is 114 Å². The van der Waals surface area contributed by atoms with E-state index in [1.54, 1.807) is 0 Å². The number of phosphoric acid groups is 8. The molecule has 8 N–H and O–H groups in total. The zero-order valence-corrected chi connectivity index (χ0v) is 56.5. The Balaban J connectivity index is -0.000000784. The minimum atomic E-state index is -6.53. The topological polar surface area (TPSA) is 584 Å². The van der Waals surface area contributed by atoms with Crippen LogP contribution < -0.4 is 276 Å². The first kappa shape index (κ1) is 85.7. The van der Waals surface area contributed by atoms with Crippen LogP contribution >= 0.6 is 62.6 Å². The first-order valence-electron chi connectivity index (χ1n) is 12.9. The molecule has 2 fully saturated rings. The molecule has 51 heteroatoms. The molecule has 8 unspecified atom stereocenters. The molecule has 0 aromatic heterocycles. The molecule has 0 bridgehead atoms. The predicted octanol–water partition coefficient (Wildman–Crippen LogP) is -33.5. The summed E-state index contributed by atoms with van der Waals surface area (Å²) < 4.78 is 141. The summed E-state index contributed by atoms with van der Waals surface area (Å²) in [5.41, 5.74) is 0. The first-order chi connectivity index (χ1) is 24.2. The van der Waals surface area contributed by atoms with Crippen LogP contribution in [0.3, 0.4) is 0 Å². The Labute approximate surface area is 529 Å². The molecule has 0 radical (unpaired) electrons. The van der Waals surface area contributed by atoms with Gasteiger partial charge in [-0.1, -0.05) is 0 Å². The second-order valence-corrected chi connectivity index (χ2v) is 19.3. The van der Waals surface area contributed by atoms with Gasteiger partial charge in [0.1, 0.15) is 48.8 Å². The Morgan fingerprint density at radius 1 is 0.333 bits per heavy atom. The number of rotatable bonds is 20. The third-order valence-corrected chi connectivity index (χ3v) is 9.76. The molecule has 18 atom stereocenters. The fourth-order valence-corrected chi connectivity index (χ4v) is 8.18. The summed E-state index contributed by atoms with van der Waals surface area (Å²) in [7, 11) is -50.7. The normalized spacial score (nSPS) is 33.2. The van der Waals surface area contributed by atoms with Crippen molar-refractivity contribution in [2.45, 2.75) is 61.4 Å². The number of hydrogen-bond acceptors (Lipinski definition) is 27. The maximum Gasteiger partial charge on any atom is 1.00 e. The third kappa shape index (κ3) is 37.3. The van der Waals surface area contributed by atoms with Crippen molar-refractivity contribution < 1.29 is 402 Å². The Morgan fingerprint density at radius 3 is 0.873 bits per heavy atom. The van der Waals surface area contributed by atoms with E-state index < -0.39 is 137 Å². The fourth-order valence-electron chi connectivity index (χ4n) is 4.37. The molecular weight excluding hydrogens is 1140 g/mol. The Kier molecular flexibility index (Phi) is 47.1. The van der Waals surface area contributed by atoms with Crippen molar-refractivity contribution in [1.29, 1.82) is 0 Å². The average Bonchev–Trinajstić information content (AvgIpc) is 2.88. The van der Waals surface area contributed by atoms with E-state index in [1.807, 2.05) is 0 Å². The summed E-state index contributed by atoms with van der Waals surface area (Å²) >= 11 is 0. The van der Waals surface area contributed by atoms with Crippen LogP contribution in [0.4, 0.5) is 0 Å². The van der Waals surface area contributed by atoms with Crippen molar-refractivity contribution in [1.82, 2.24) is 0 Å². The zero-order chi connectivity index (χ0) is 43.0. The Hall–Kier alpha value is 8.76. The summed E-state index contributed by atoms with van der Waals surface area (Å²) in [5, 5.41) is 0. The number of hydrogen-bond donors (Lipinski definition) is 8. The van der Waals surface area contributed by atoms with Crippen molar-refractivity contribution in [3.8, 4) is 0 Å². The summed E-state index contributed by atoms with van der Waals surface area (Å²) in [4.78, 5) is 167. The van der Waals surface area contributed by atoms with E-state index in [0.29, 0.717) is 0 Å². The standard InChI is InChI=1S/C12H30O35P8.8Na/c13-48(14,15)37-1-3-5(7(43-51(22,23)24)10(46-54(31,32)33)12(40-3)47-55(34,35)36)41-11-9(45-53(28,29)30)8(44-52(25,26)27)6(42-50(19,20)21)4(39-11)2-38-49(16,17)18;;;;;;;;/h3-12H,1-2H2,(H2,13,14,15)(H2,16,17,18)(H2,19,20,21)(H2,22,23,24)(H2,25,26,27)(H2,28,29,30)(H2,31,32,33)(H2,34,35,36);;;;;;;;/q;8*+1/p-8/t3-,4-,5-,6+,7+,8+,9-,10-,11+,12+;;;;;;;;/m1......../s1. The van der Waals surface area contributed by atoms with E-state index in [1.165, 1.54) is 0 Å². The minimum Gasteiger partial charge on any atom is -0.756 e. The molecule has 2 aliphatic rings. The van der Waals surface area contributed by atoms with Crippen molar-refractivity contribution >= 4 is 62.6 Å². The molecule has 2 aliphatic heterocycles. The summed E-state index contributed by atoms with van der Waals surface area (Å²) in [6.07, 6.45) is -31.8. The van der Waals surface area contributed by atoms with E-state index in [0.717, 1.165) is 0 Å².